The molecule has 1 heterocycles. The van der Waals surface area contributed by atoms with Gasteiger partial charge in [-0.3, -0.25) is 9.69 Å². The van der Waals surface area contributed by atoms with Crippen LogP contribution in [0.25, 0.3) is 0 Å². The van der Waals surface area contributed by atoms with Crippen molar-refractivity contribution < 1.29 is 4.79 Å². The molecule has 0 bridgehead atoms. The first-order chi connectivity index (χ1) is 9.41. The van der Waals surface area contributed by atoms with Crippen LogP contribution in [0, 0.1) is 0 Å². The quantitative estimate of drug-likeness (QED) is 0.927. The number of benzene rings is 1. The summed E-state index contributed by atoms with van der Waals surface area (Å²) in [6.45, 7) is 7.60. The molecule has 2 rings (SSSR count). The number of ketones is 1. The Morgan fingerprint density at radius 2 is 1.95 bits per heavy atom. The third kappa shape index (κ3) is 3.53. The fraction of sp³-hybridized carbons (Fsp3) is 0.533. The van der Waals surface area contributed by atoms with Crippen LogP contribution >= 0.6 is 23.2 Å². The molecule has 5 heteroatoms. The molecule has 3 nitrogen and oxygen atoms in total. The van der Waals surface area contributed by atoms with Crippen LogP contribution in [-0.4, -0.2) is 42.4 Å². The molecule has 1 N–H and O–H groups in total. The van der Waals surface area contributed by atoms with Crippen molar-refractivity contribution >= 4 is 29.0 Å². The first kappa shape index (κ1) is 15.8. The zero-order valence-electron chi connectivity index (χ0n) is 11.9. The average Bonchev–Trinajstić information content (AvgIpc) is 2.43. The monoisotopic (exact) mass is 314 g/mol. The van der Waals surface area contributed by atoms with Crippen LogP contribution in [0.5, 0.6) is 0 Å². The van der Waals surface area contributed by atoms with Crippen molar-refractivity contribution in [2.45, 2.75) is 25.8 Å². The van der Waals surface area contributed by atoms with Gasteiger partial charge in [-0.2, -0.15) is 0 Å². The van der Waals surface area contributed by atoms with E-state index in [2.05, 4.69) is 10.2 Å². The Morgan fingerprint density at radius 1 is 1.30 bits per heavy atom. The van der Waals surface area contributed by atoms with Gasteiger partial charge in [-0.15, -0.1) is 0 Å². The van der Waals surface area contributed by atoms with Gasteiger partial charge < -0.3 is 5.32 Å². The number of Topliss-reactive ketones (excluding diaryl/α,β-unsaturated/α-hetero) is 1. The van der Waals surface area contributed by atoms with Crippen LogP contribution in [0.3, 0.4) is 0 Å². The molecule has 1 aromatic carbocycles. The number of rotatable bonds is 4. The third-order valence-electron chi connectivity index (χ3n) is 3.95. The maximum Gasteiger partial charge on any atom is 0.156 e. The first-order valence-corrected chi connectivity index (χ1v) is 7.60. The van der Waals surface area contributed by atoms with Gasteiger partial charge in [0.1, 0.15) is 0 Å². The van der Waals surface area contributed by atoms with E-state index in [0.717, 1.165) is 31.7 Å². The van der Waals surface area contributed by atoms with Crippen molar-refractivity contribution in [2.24, 2.45) is 0 Å². The fourth-order valence-electron chi connectivity index (χ4n) is 2.47. The van der Waals surface area contributed by atoms with Gasteiger partial charge in [0, 0.05) is 42.6 Å². The number of hydrogen-bond donors (Lipinski definition) is 1. The number of piperazine rings is 1. The van der Waals surface area contributed by atoms with Crippen LogP contribution in [-0.2, 0) is 11.2 Å². The average molecular weight is 315 g/mol. The highest BCUT2D eigenvalue weighted by Crippen LogP contribution is 2.24. The minimum atomic E-state index is -0.478. The van der Waals surface area contributed by atoms with Crippen LogP contribution < -0.4 is 5.32 Å². The van der Waals surface area contributed by atoms with Crippen molar-refractivity contribution in [2.75, 3.05) is 26.2 Å². The molecule has 1 aliphatic rings. The van der Waals surface area contributed by atoms with Crippen LogP contribution in [0.2, 0.25) is 10.0 Å². The standard InChI is InChI=1S/C15H20Cl2N2O/c1-15(2,19-7-5-18-6-8-19)14(20)10-11-9-12(16)3-4-13(11)17/h3-4,9,18H,5-8,10H2,1-2H3. The van der Waals surface area contributed by atoms with E-state index in [0.29, 0.717) is 16.5 Å². The Bertz CT molecular complexity index is 497. The molecule has 110 valence electrons. The summed E-state index contributed by atoms with van der Waals surface area (Å²) in [6, 6.07) is 5.25. The third-order valence-corrected chi connectivity index (χ3v) is 4.55. The molecular formula is C15H20Cl2N2O. The Kier molecular flexibility index (Phi) is 5.08. The number of carbonyl (C=O) groups is 1. The molecule has 1 fully saturated rings. The summed E-state index contributed by atoms with van der Waals surface area (Å²) in [5.74, 6) is 0.170. The summed E-state index contributed by atoms with van der Waals surface area (Å²) in [5, 5.41) is 4.51. The second-order valence-corrected chi connectivity index (χ2v) is 6.48. The zero-order valence-corrected chi connectivity index (χ0v) is 13.4. The molecule has 0 unspecified atom stereocenters. The Labute approximate surface area is 130 Å². The van der Waals surface area contributed by atoms with Gasteiger partial charge in [-0.1, -0.05) is 23.2 Å². The maximum atomic E-state index is 12.6. The van der Waals surface area contributed by atoms with Gasteiger partial charge in [-0.25, -0.2) is 0 Å². The fourth-order valence-corrected chi connectivity index (χ4v) is 2.85. The van der Waals surface area contributed by atoms with Gasteiger partial charge in [-0.05, 0) is 37.6 Å². The highest BCUT2D eigenvalue weighted by Gasteiger charge is 2.34. The number of nitrogens with one attached hydrogen (secondary N) is 1. The molecule has 0 saturated carbocycles. The minimum absolute atomic E-state index is 0.170. The highest BCUT2D eigenvalue weighted by molar-refractivity contribution is 6.33. The SMILES string of the molecule is CC(C)(C(=O)Cc1cc(Cl)ccc1Cl)N1CCNCC1. The molecular weight excluding hydrogens is 295 g/mol. The first-order valence-electron chi connectivity index (χ1n) is 6.84. The van der Waals surface area contributed by atoms with E-state index < -0.39 is 5.54 Å². The molecule has 0 atom stereocenters. The van der Waals surface area contributed by atoms with Crippen molar-refractivity contribution in [1.82, 2.24) is 10.2 Å². The number of nitrogens with zero attached hydrogens (tertiary/aromatic N) is 1. The van der Waals surface area contributed by atoms with Crippen molar-refractivity contribution in [3.63, 3.8) is 0 Å². The molecule has 1 aromatic rings. The minimum Gasteiger partial charge on any atom is -0.314 e. The van der Waals surface area contributed by atoms with E-state index in [4.69, 9.17) is 23.2 Å². The molecule has 0 aromatic heterocycles. The predicted octanol–water partition coefficient (Wildman–Crippen LogP) is 2.79. The normalized spacial score (nSPS) is 17.2. The summed E-state index contributed by atoms with van der Waals surface area (Å²) < 4.78 is 0. The molecule has 0 amide bonds. The number of hydrogen-bond acceptors (Lipinski definition) is 3. The van der Waals surface area contributed by atoms with E-state index in [1.54, 1.807) is 18.2 Å². The Balaban J connectivity index is 2.11. The smallest absolute Gasteiger partial charge is 0.156 e. The highest BCUT2D eigenvalue weighted by atomic mass is 35.5. The van der Waals surface area contributed by atoms with Crippen LogP contribution in [0.15, 0.2) is 18.2 Å². The van der Waals surface area contributed by atoms with Gasteiger partial charge in [0.05, 0.1) is 5.54 Å². The van der Waals surface area contributed by atoms with E-state index in [-0.39, 0.29) is 5.78 Å². The van der Waals surface area contributed by atoms with Gasteiger partial charge in [0.2, 0.25) is 0 Å². The molecule has 1 aliphatic heterocycles. The lowest BCUT2D eigenvalue weighted by Gasteiger charge is -2.40. The summed E-state index contributed by atoms with van der Waals surface area (Å²) in [7, 11) is 0. The lowest BCUT2D eigenvalue weighted by molar-refractivity contribution is -0.129. The van der Waals surface area contributed by atoms with E-state index in [1.165, 1.54) is 0 Å². The zero-order chi connectivity index (χ0) is 14.8. The number of carbonyl (C=O) groups excluding carboxylic acids is 1. The summed E-state index contributed by atoms with van der Waals surface area (Å²) in [5.41, 5.74) is 0.320. The summed E-state index contributed by atoms with van der Waals surface area (Å²) in [6.07, 6.45) is 0.316. The largest absolute Gasteiger partial charge is 0.314 e. The second kappa shape index (κ2) is 6.44. The lowest BCUT2D eigenvalue weighted by Crippen LogP contribution is -2.57. The maximum absolute atomic E-state index is 12.6. The number of halogens is 2. The molecule has 0 radical (unpaired) electrons. The van der Waals surface area contributed by atoms with Gasteiger partial charge >= 0.3 is 0 Å². The Morgan fingerprint density at radius 3 is 2.60 bits per heavy atom. The Hall–Kier alpha value is -0.610. The lowest BCUT2D eigenvalue weighted by atomic mass is 9.91. The molecule has 0 spiro atoms. The van der Waals surface area contributed by atoms with Crippen molar-refractivity contribution in [1.29, 1.82) is 0 Å². The van der Waals surface area contributed by atoms with E-state index >= 15 is 0 Å². The van der Waals surface area contributed by atoms with Crippen LogP contribution in [0.1, 0.15) is 19.4 Å². The molecule has 20 heavy (non-hydrogen) atoms. The second-order valence-electron chi connectivity index (χ2n) is 5.63. The van der Waals surface area contributed by atoms with E-state index in [1.807, 2.05) is 13.8 Å². The van der Waals surface area contributed by atoms with Crippen molar-refractivity contribution in [3.05, 3.63) is 33.8 Å². The predicted molar refractivity (Wildman–Crippen MR) is 83.7 cm³/mol. The summed E-state index contributed by atoms with van der Waals surface area (Å²) in [4.78, 5) is 14.9. The summed E-state index contributed by atoms with van der Waals surface area (Å²) >= 11 is 12.1. The van der Waals surface area contributed by atoms with Crippen molar-refractivity contribution in [3.8, 4) is 0 Å². The van der Waals surface area contributed by atoms with E-state index in [9.17, 15) is 4.79 Å². The topological polar surface area (TPSA) is 32.3 Å². The van der Waals surface area contributed by atoms with Crippen LogP contribution in [0.4, 0.5) is 0 Å². The van der Waals surface area contributed by atoms with Gasteiger partial charge in [0.15, 0.2) is 5.78 Å². The molecule has 0 aliphatic carbocycles. The molecule has 1 saturated heterocycles. The van der Waals surface area contributed by atoms with Gasteiger partial charge in [0.25, 0.3) is 0 Å².